The van der Waals surface area contributed by atoms with E-state index in [1.54, 1.807) is 12.4 Å². The Balaban J connectivity index is 1.30. The van der Waals surface area contributed by atoms with Crippen LogP contribution in [0.3, 0.4) is 0 Å². The summed E-state index contributed by atoms with van der Waals surface area (Å²) in [6, 6.07) is 18.2. The number of oxime groups is 1. The highest BCUT2D eigenvalue weighted by Gasteiger charge is 2.45. The second-order valence-corrected chi connectivity index (χ2v) is 8.28. The molecule has 30 heavy (non-hydrogen) atoms. The average Bonchev–Trinajstić information content (AvgIpc) is 3.07. The molecule has 1 saturated heterocycles. The quantitative estimate of drug-likeness (QED) is 0.400. The lowest BCUT2D eigenvalue weighted by atomic mass is 9.73. The maximum absolute atomic E-state index is 9.47. The molecule has 2 aliphatic rings. The van der Waals surface area contributed by atoms with E-state index in [1.807, 2.05) is 30.3 Å². The van der Waals surface area contributed by atoms with Crippen LogP contribution < -0.4 is 10.6 Å². The summed E-state index contributed by atoms with van der Waals surface area (Å²) >= 11 is 0. The molecule has 5 rings (SSSR count). The van der Waals surface area contributed by atoms with Crippen molar-refractivity contribution in [1.29, 1.82) is 0 Å². The van der Waals surface area contributed by atoms with Crippen LogP contribution in [0.4, 0.5) is 5.82 Å². The molecule has 1 spiro atoms. The Morgan fingerprint density at radius 1 is 1.00 bits per heavy atom. The monoisotopic (exact) mass is 399 g/mol. The lowest BCUT2D eigenvalue weighted by molar-refractivity contribution is 0.187. The molecule has 6 heteroatoms. The summed E-state index contributed by atoms with van der Waals surface area (Å²) in [5.74, 6) is 0.850. The van der Waals surface area contributed by atoms with Crippen molar-refractivity contribution < 1.29 is 5.21 Å². The van der Waals surface area contributed by atoms with Gasteiger partial charge in [-0.15, -0.1) is 0 Å². The summed E-state index contributed by atoms with van der Waals surface area (Å²) in [5.41, 5.74) is 11.3. The summed E-state index contributed by atoms with van der Waals surface area (Å²) in [7, 11) is 0. The van der Waals surface area contributed by atoms with Crippen molar-refractivity contribution in [2.45, 2.75) is 25.3 Å². The van der Waals surface area contributed by atoms with Gasteiger partial charge in [-0.3, -0.25) is 0 Å². The van der Waals surface area contributed by atoms with Crippen molar-refractivity contribution in [3.05, 3.63) is 89.4 Å². The molecule has 1 aliphatic carbocycles. The van der Waals surface area contributed by atoms with Gasteiger partial charge in [-0.05, 0) is 35.8 Å². The van der Waals surface area contributed by atoms with Gasteiger partial charge in [0.25, 0.3) is 0 Å². The highest BCUT2D eigenvalue weighted by Crippen LogP contribution is 2.50. The fourth-order valence-corrected chi connectivity index (χ4v) is 4.95. The number of hydrogen-bond acceptors (Lipinski definition) is 6. The van der Waals surface area contributed by atoms with E-state index < -0.39 is 0 Å². The number of nitrogens with two attached hydrogens (primary N) is 1. The van der Waals surface area contributed by atoms with E-state index in [1.165, 1.54) is 11.1 Å². The van der Waals surface area contributed by atoms with Crippen molar-refractivity contribution in [2.75, 3.05) is 18.0 Å². The molecule has 0 bridgehead atoms. The minimum atomic E-state index is 0.110. The van der Waals surface area contributed by atoms with Crippen molar-refractivity contribution in [3.63, 3.8) is 0 Å². The SMILES string of the molecule is N[C@@H]1c2ccccc2CC12CCN(c1cnc(/C(=N/O)c3ccccc3)cn1)CC2. The number of anilines is 1. The Morgan fingerprint density at radius 3 is 2.40 bits per heavy atom. The lowest BCUT2D eigenvalue weighted by Crippen LogP contribution is -2.44. The van der Waals surface area contributed by atoms with Gasteiger partial charge in [0.1, 0.15) is 17.2 Å². The molecular weight excluding hydrogens is 374 g/mol. The molecule has 1 atom stereocenters. The van der Waals surface area contributed by atoms with Crippen LogP contribution in [-0.4, -0.2) is 34.0 Å². The van der Waals surface area contributed by atoms with Crippen molar-refractivity contribution in [1.82, 2.24) is 9.97 Å². The Kier molecular flexibility index (Phi) is 4.71. The third-order valence-corrected chi connectivity index (χ3v) is 6.70. The fourth-order valence-electron chi connectivity index (χ4n) is 4.95. The Morgan fingerprint density at radius 2 is 1.73 bits per heavy atom. The van der Waals surface area contributed by atoms with Gasteiger partial charge in [0.05, 0.1) is 12.4 Å². The summed E-state index contributed by atoms with van der Waals surface area (Å²) in [5, 5.41) is 12.9. The van der Waals surface area contributed by atoms with Gasteiger partial charge >= 0.3 is 0 Å². The van der Waals surface area contributed by atoms with Crippen LogP contribution in [-0.2, 0) is 6.42 Å². The smallest absolute Gasteiger partial charge is 0.147 e. The van der Waals surface area contributed by atoms with Crippen LogP contribution >= 0.6 is 0 Å². The Hall–Kier alpha value is -3.25. The van der Waals surface area contributed by atoms with Crippen LogP contribution in [0.15, 0.2) is 72.1 Å². The van der Waals surface area contributed by atoms with Crippen molar-refractivity contribution in [2.24, 2.45) is 16.3 Å². The summed E-state index contributed by atoms with van der Waals surface area (Å²) in [6.07, 6.45) is 6.60. The average molecular weight is 399 g/mol. The zero-order valence-electron chi connectivity index (χ0n) is 16.8. The largest absolute Gasteiger partial charge is 0.410 e. The van der Waals surface area contributed by atoms with Gasteiger partial charge in [-0.2, -0.15) is 0 Å². The number of fused-ring (bicyclic) bond motifs is 1. The fraction of sp³-hybridized carbons (Fsp3) is 0.292. The molecule has 1 fully saturated rings. The Labute approximate surface area is 176 Å². The van der Waals surface area contributed by atoms with Gasteiger partial charge in [0.15, 0.2) is 0 Å². The maximum Gasteiger partial charge on any atom is 0.147 e. The summed E-state index contributed by atoms with van der Waals surface area (Å²) in [4.78, 5) is 11.4. The van der Waals surface area contributed by atoms with Crippen molar-refractivity contribution in [3.8, 4) is 0 Å². The molecule has 2 aromatic carbocycles. The van der Waals surface area contributed by atoms with E-state index in [-0.39, 0.29) is 11.5 Å². The highest BCUT2D eigenvalue weighted by molar-refractivity contribution is 6.11. The second kappa shape index (κ2) is 7.54. The molecule has 152 valence electrons. The maximum atomic E-state index is 9.47. The van der Waals surface area contributed by atoms with Crippen LogP contribution in [0.5, 0.6) is 0 Å². The second-order valence-electron chi connectivity index (χ2n) is 8.28. The molecule has 6 nitrogen and oxygen atoms in total. The standard InChI is InChI=1S/C24H25N5O/c25-23-19-9-5-4-8-18(19)14-24(23)10-12-29(13-11-24)21-16-26-20(15-27-21)22(28-30)17-6-2-1-3-7-17/h1-9,15-16,23,30H,10-14,25H2/b28-22+/t23-/m1/s1. The van der Waals surface area contributed by atoms with Gasteiger partial charge in [-0.25, -0.2) is 9.97 Å². The molecule has 2 heterocycles. The minimum Gasteiger partial charge on any atom is -0.410 e. The first-order valence-electron chi connectivity index (χ1n) is 10.4. The predicted octanol–water partition coefficient (Wildman–Crippen LogP) is 3.55. The summed E-state index contributed by atoms with van der Waals surface area (Å²) in [6.45, 7) is 1.82. The van der Waals surface area contributed by atoms with Gasteiger partial charge in [0.2, 0.25) is 0 Å². The first-order valence-corrected chi connectivity index (χ1v) is 10.4. The van der Waals surface area contributed by atoms with Crippen LogP contribution in [0.1, 0.15) is 41.3 Å². The first kappa shape index (κ1) is 18.8. The number of nitrogens with zero attached hydrogens (tertiary/aromatic N) is 4. The van der Waals surface area contributed by atoms with E-state index in [2.05, 4.69) is 44.3 Å². The number of piperidine rings is 1. The third kappa shape index (κ3) is 3.13. The van der Waals surface area contributed by atoms with Crippen LogP contribution in [0.2, 0.25) is 0 Å². The molecule has 1 aliphatic heterocycles. The normalized spacial score (nSPS) is 20.4. The number of benzene rings is 2. The van der Waals surface area contributed by atoms with Crippen LogP contribution in [0, 0.1) is 5.41 Å². The molecule has 0 saturated carbocycles. The zero-order valence-corrected chi connectivity index (χ0v) is 16.8. The predicted molar refractivity (Wildman–Crippen MR) is 117 cm³/mol. The van der Waals surface area contributed by atoms with E-state index >= 15 is 0 Å². The third-order valence-electron chi connectivity index (χ3n) is 6.70. The number of rotatable bonds is 3. The molecule has 1 aromatic heterocycles. The topological polar surface area (TPSA) is 87.6 Å². The van der Waals surface area contributed by atoms with Gasteiger partial charge in [0, 0.05) is 24.7 Å². The van der Waals surface area contributed by atoms with E-state index in [9.17, 15) is 5.21 Å². The highest BCUT2D eigenvalue weighted by atomic mass is 16.4. The molecule has 0 radical (unpaired) electrons. The molecule has 3 aromatic rings. The van der Waals surface area contributed by atoms with Crippen LogP contribution in [0.25, 0.3) is 0 Å². The first-order chi connectivity index (χ1) is 14.7. The van der Waals surface area contributed by atoms with E-state index in [0.717, 1.165) is 43.7 Å². The molecule has 0 amide bonds. The molecular formula is C24H25N5O. The minimum absolute atomic E-state index is 0.110. The van der Waals surface area contributed by atoms with E-state index in [4.69, 9.17) is 5.73 Å². The number of aromatic nitrogens is 2. The summed E-state index contributed by atoms with van der Waals surface area (Å²) < 4.78 is 0. The number of hydrogen-bond donors (Lipinski definition) is 2. The Bertz CT molecular complexity index is 1060. The molecule has 3 N–H and O–H groups in total. The lowest BCUT2D eigenvalue weighted by Gasteiger charge is -2.42. The molecule has 0 unspecified atom stereocenters. The van der Waals surface area contributed by atoms with E-state index in [0.29, 0.717) is 11.4 Å². The zero-order chi connectivity index (χ0) is 20.6. The van der Waals surface area contributed by atoms with Crippen molar-refractivity contribution >= 4 is 11.5 Å². The van der Waals surface area contributed by atoms with Gasteiger partial charge < -0.3 is 15.8 Å². The van der Waals surface area contributed by atoms with Gasteiger partial charge in [-0.1, -0.05) is 59.8 Å².